The fourth-order valence-electron chi connectivity index (χ4n) is 2.46. The van der Waals surface area contributed by atoms with Gasteiger partial charge in [0, 0.05) is 18.6 Å². The van der Waals surface area contributed by atoms with Gasteiger partial charge in [-0.25, -0.2) is 4.57 Å². The van der Waals surface area contributed by atoms with E-state index in [9.17, 15) is 0 Å². The molecule has 0 atom stereocenters. The molecule has 108 valence electrons. The molecule has 1 aromatic heterocycles. The summed E-state index contributed by atoms with van der Waals surface area (Å²) in [5.41, 5.74) is 1.50. The third-order valence-electron chi connectivity index (χ3n) is 3.80. The van der Waals surface area contributed by atoms with Gasteiger partial charge in [-0.3, -0.25) is 0 Å². The van der Waals surface area contributed by atoms with E-state index in [4.69, 9.17) is 0 Å². The van der Waals surface area contributed by atoms with Crippen LogP contribution in [0.3, 0.4) is 0 Å². The van der Waals surface area contributed by atoms with Gasteiger partial charge < -0.3 is 0 Å². The number of hydrogen-bond acceptors (Lipinski definition) is 0. The largest absolute Gasteiger partial charge is 0.205 e. The third-order valence-corrected chi connectivity index (χ3v) is 3.80. The molecule has 0 aliphatic rings. The molecular formula is C18H32N+. The first kappa shape index (κ1) is 16.2. The van der Waals surface area contributed by atoms with Crippen molar-refractivity contribution >= 4 is 0 Å². The zero-order valence-corrected chi connectivity index (χ0v) is 13.0. The molecule has 1 aromatic rings. The molecule has 1 rings (SSSR count). The first-order valence-corrected chi connectivity index (χ1v) is 8.34. The fraction of sp³-hybridized carbons (Fsp3) is 0.722. The second kappa shape index (κ2) is 11.0. The molecule has 0 saturated carbocycles. The number of rotatable bonds is 11. The smallest absolute Gasteiger partial charge is 0.169 e. The Balaban J connectivity index is 2.16. The third kappa shape index (κ3) is 8.02. The van der Waals surface area contributed by atoms with E-state index in [2.05, 4.69) is 42.9 Å². The molecular weight excluding hydrogens is 230 g/mol. The Morgan fingerprint density at radius 2 is 1.32 bits per heavy atom. The van der Waals surface area contributed by atoms with E-state index < -0.39 is 0 Å². The zero-order valence-electron chi connectivity index (χ0n) is 13.0. The lowest BCUT2D eigenvalue weighted by atomic mass is 10.1. The second-order valence-corrected chi connectivity index (χ2v) is 5.67. The molecule has 19 heavy (non-hydrogen) atoms. The predicted molar refractivity (Wildman–Crippen MR) is 83.2 cm³/mol. The maximum absolute atomic E-state index is 2.33. The molecule has 0 N–H and O–H groups in total. The van der Waals surface area contributed by atoms with Gasteiger partial charge in [0.2, 0.25) is 0 Å². The first-order chi connectivity index (χ1) is 9.36. The van der Waals surface area contributed by atoms with Crippen molar-refractivity contribution < 1.29 is 4.57 Å². The van der Waals surface area contributed by atoms with E-state index in [0.29, 0.717) is 0 Å². The van der Waals surface area contributed by atoms with Crippen LogP contribution in [0.15, 0.2) is 24.5 Å². The molecule has 0 amide bonds. The number of aromatic nitrogens is 1. The maximum Gasteiger partial charge on any atom is 0.169 e. The maximum atomic E-state index is 2.33. The van der Waals surface area contributed by atoms with Gasteiger partial charge in [0.1, 0.15) is 6.54 Å². The summed E-state index contributed by atoms with van der Waals surface area (Å²) in [7, 11) is 0. The molecule has 0 aromatic carbocycles. The molecule has 1 nitrogen and oxygen atoms in total. The quantitative estimate of drug-likeness (QED) is 0.387. The lowest BCUT2D eigenvalue weighted by molar-refractivity contribution is -0.697. The summed E-state index contributed by atoms with van der Waals surface area (Å²) in [5, 5.41) is 0. The van der Waals surface area contributed by atoms with Crippen molar-refractivity contribution in [2.24, 2.45) is 0 Å². The number of aryl methyl sites for hydroxylation is 2. The van der Waals surface area contributed by atoms with Crippen LogP contribution in [0.4, 0.5) is 0 Å². The summed E-state index contributed by atoms with van der Waals surface area (Å²) < 4.78 is 2.33. The highest BCUT2D eigenvalue weighted by Gasteiger charge is 2.01. The normalized spacial score (nSPS) is 10.8. The van der Waals surface area contributed by atoms with Crippen molar-refractivity contribution in [3.8, 4) is 0 Å². The van der Waals surface area contributed by atoms with Gasteiger partial charge in [0.15, 0.2) is 12.4 Å². The van der Waals surface area contributed by atoms with Crippen molar-refractivity contribution in [2.45, 2.75) is 84.6 Å². The van der Waals surface area contributed by atoms with Crippen molar-refractivity contribution in [1.29, 1.82) is 0 Å². The molecule has 0 fully saturated rings. The number of unbranched alkanes of at least 4 members (excludes halogenated alkanes) is 7. The van der Waals surface area contributed by atoms with Crippen molar-refractivity contribution in [1.82, 2.24) is 0 Å². The summed E-state index contributed by atoms with van der Waals surface area (Å²) in [4.78, 5) is 0. The first-order valence-electron chi connectivity index (χ1n) is 8.34. The van der Waals surface area contributed by atoms with Gasteiger partial charge in [-0.05, 0) is 24.8 Å². The average Bonchev–Trinajstić information content (AvgIpc) is 2.45. The minimum absolute atomic E-state index is 1.18. The van der Waals surface area contributed by atoms with E-state index in [1.165, 1.54) is 76.3 Å². The Hall–Kier alpha value is -0.850. The monoisotopic (exact) mass is 262 g/mol. The lowest BCUT2D eigenvalue weighted by Crippen LogP contribution is -2.32. The standard InChI is InChI=1S/C18H32N/c1-3-5-7-9-10-12-18-13-16-19(17-14-18)15-11-8-6-4-2/h13-14,16-17H,3-12,15H2,1-2H3/q+1. The number of nitrogens with zero attached hydrogens (tertiary/aromatic N) is 1. The van der Waals surface area contributed by atoms with Gasteiger partial charge in [-0.1, -0.05) is 52.4 Å². The van der Waals surface area contributed by atoms with Crippen LogP contribution < -0.4 is 4.57 Å². The average molecular weight is 262 g/mol. The van der Waals surface area contributed by atoms with Gasteiger partial charge in [0.05, 0.1) is 0 Å². The molecule has 0 radical (unpaired) electrons. The summed E-state index contributed by atoms with van der Waals surface area (Å²) in [6.07, 6.45) is 18.0. The minimum Gasteiger partial charge on any atom is -0.205 e. The number of pyridine rings is 1. The minimum atomic E-state index is 1.18. The Kier molecular flexibility index (Phi) is 9.40. The summed E-state index contributed by atoms with van der Waals surface area (Å²) in [5.74, 6) is 0. The van der Waals surface area contributed by atoms with Crippen LogP contribution in [-0.4, -0.2) is 0 Å². The molecule has 0 aliphatic carbocycles. The Labute approximate surface area is 120 Å². The second-order valence-electron chi connectivity index (χ2n) is 5.67. The van der Waals surface area contributed by atoms with E-state index in [0.717, 1.165) is 0 Å². The SMILES string of the molecule is CCCCCCCc1cc[n+](CCCCCC)cc1. The van der Waals surface area contributed by atoms with Crippen LogP contribution in [0, 0.1) is 0 Å². The van der Waals surface area contributed by atoms with Gasteiger partial charge in [-0.15, -0.1) is 0 Å². The molecule has 1 heterocycles. The molecule has 0 spiro atoms. The zero-order chi connectivity index (χ0) is 13.8. The van der Waals surface area contributed by atoms with Crippen molar-refractivity contribution in [3.63, 3.8) is 0 Å². The van der Waals surface area contributed by atoms with Gasteiger partial charge in [0.25, 0.3) is 0 Å². The molecule has 1 heteroatoms. The van der Waals surface area contributed by atoms with Crippen LogP contribution in [0.1, 0.15) is 77.2 Å². The van der Waals surface area contributed by atoms with Crippen LogP contribution >= 0.6 is 0 Å². The van der Waals surface area contributed by atoms with Crippen molar-refractivity contribution in [2.75, 3.05) is 0 Å². The highest BCUT2D eigenvalue weighted by molar-refractivity contribution is 5.07. The van der Waals surface area contributed by atoms with E-state index >= 15 is 0 Å². The Bertz CT molecular complexity index is 302. The van der Waals surface area contributed by atoms with Crippen molar-refractivity contribution in [3.05, 3.63) is 30.1 Å². The Morgan fingerprint density at radius 1 is 0.737 bits per heavy atom. The molecule has 0 unspecified atom stereocenters. The molecule has 0 aliphatic heterocycles. The van der Waals surface area contributed by atoms with Crippen LogP contribution in [0.2, 0.25) is 0 Å². The highest BCUT2D eigenvalue weighted by Crippen LogP contribution is 2.07. The van der Waals surface area contributed by atoms with Gasteiger partial charge >= 0.3 is 0 Å². The topological polar surface area (TPSA) is 3.88 Å². The summed E-state index contributed by atoms with van der Waals surface area (Å²) in [6, 6.07) is 4.61. The summed E-state index contributed by atoms with van der Waals surface area (Å²) >= 11 is 0. The molecule has 0 saturated heterocycles. The fourth-order valence-corrected chi connectivity index (χ4v) is 2.46. The van der Waals surface area contributed by atoms with Crippen LogP contribution in [-0.2, 0) is 13.0 Å². The van der Waals surface area contributed by atoms with Crippen LogP contribution in [0.5, 0.6) is 0 Å². The van der Waals surface area contributed by atoms with Crippen LogP contribution in [0.25, 0.3) is 0 Å². The van der Waals surface area contributed by atoms with E-state index in [1.54, 1.807) is 0 Å². The van der Waals surface area contributed by atoms with E-state index in [1.807, 2.05) is 0 Å². The lowest BCUT2D eigenvalue weighted by Gasteiger charge is -2.02. The van der Waals surface area contributed by atoms with Gasteiger partial charge in [-0.2, -0.15) is 0 Å². The summed E-state index contributed by atoms with van der Waals surface area (Å²) in [6.45, 7) is 5.72. The Morgan fingerprint density at radius 3 is 1.95 bits per heavy atom. The highest BCUT2D eigenvalue weighted by atomic mass is 14.9. The van der Waals surface area contributed by atoms with E-state index in [-0.39, 0.29) is 0 Å². The predicted octanol–water partition coefficient (Wildman–Crippen LogP) is 5.07. The molecule has 0 bridgehead atoms. The number of hydrogen-bond donors (Lipinski definition) is 0.